The Kier molecular flexibility index (Phi) is 5.30. The minimum absolute atomic E-state index is 0.107. The molecule has 0 atom stereocenters. The van der Waals surface area contributed by atoms with Gasteiger partial charge in [-0.1, -0.05) is 44.2 Å². The van der Waals surface area contributed by atoms with E-state index in [-0.39, 0.29) is 5.91 Å². The van der Waals surface area contributed by atoms with Crippen molar-refractivity contribution in [3.63, 3.8) is 0 Å². The molecule has 1 heterocycles. The number of carbonyl (C=O) groups excluding carboxylic acids is 1. The summed E-state index contributed by atoms with van der Waals surface area (Å²) in [6, 6.07) is 9.90. The van der Waals surface area contributed by atoms with E-state index >= 15 is 0 Å². The summed E-state index contributed by atoms with van der Waals surface area (Å²) in [6.07, 6.45) is 1.95. The van der Waals surface area contributed by atoms with Crippen molar-refractivity contribution >= 4 is 17.2 Å². The average Bonchev–Trinajstić information content (AvgIpc) is 2.96. The second kappa shape index (κ2) is 7.20. The van der Waals surface area contributed by atoms with Crippen LogP contribution in [-0.4, -0.2) is 28.9 Å². The maximum atomic E-state index is 12.7. The molecule has 1 amide bonds. The second-order valence-electron chi connectivity index (χ2n) is 4.69. The maximum absolute atomic E-state index is 12.7. The molecule has 1 aromatic heterocycles. The van der Waals surface area contributed by atoms with Crippen LogP contribution in [0.25, 0.3) is 11.3 Å². The Morgan fingerprint density at radius 2 is 1.80 bits per heavy atom. The standard InChI is InChI=1S/C16H20N2OS/c1-3-10-18(11-4-2)16(19)15-14(17-12-20-15)13-8-6-5-7-9-13/h5-9,12H,3-4,10-11H2,1-2H3. The fourth-order valence-corrected chi connectivity index (χ4v) is 2.97. The third kappa shape index (κ3) is 3.25. The number of rotatable bonds is 6. The number of nitrogens with zero attached hydrogens (tertiary/aromatic N) is 2. The zero-order valence-corrected chi connectivity index (χ0v) is 12.8. The van der Waals surface area contributed by atoms with Crippen molar-refractivity contribution in [3.8, 4) is 11.3 Å². The number of hydrogen-bond donors (Lipinski definition) is 0. The smallest absolute Gasteiger partial charge is 0.266 e. The molecule has 0 aliphatic carbocycles. The minimum Gasteiger partial charge on any atom is -0.338 e. The molecule has 0 spiro atoms. The number of amides is 1. The highest BCUT2D eigenvalue weighted by Gasteiger charge is 2.20. The first-order valence-corrected chi connectivity index (χ1v) is 7.94. The van der Waals surface area contributed by atoms with Crippen molar-refractivity contribution in [3.05, 3.63) is 40.7 Å². The van der Waals surface area contributed by atoms with Gasteiger partial charge >= 0.3 is 0 Å². The number of thiazole rings is 1. The molecule has 0 unspecified atom stereocenters. The van der Waals surface area contributed by atoms with Gasteiger partial charge in [0.1, 0.15) is 4.88 Å². The lowest BCUT2D eigenvalue weighted by atomic mass is 10.1. The van der Waals surface area contributed by atoms with Crippen LogP contribution in [-0.2, 0) is 0 Å². The molecule has 4 heteroatoms. The molecule has 0 aliphatic heterocycles. The fourth-order valence-electron chi connectivity index (χ4n) is 2.20. The van der Waals surface area contributed by atoms with Crippen LogP contribution in [0.1, 0.15) is 36.4 Å². The highest BCUT2D eigenvalue weighted by Crippen LogP contribution is 2.26. The quantitative estimate of drug-likeness (QED) is 0.802. The predicted octanol–water partition coefficient (Wildman–Crippen LogP) is 4.07. The van der Waals surface area contributed by atoms with Crippen LogP contribution in [0.5, 0.6) is 0 Å². The zero-order valence-electron chi connectivity index (χ0n) is 12.0. The summed E-state index contributed by atoms with van der Waals surface area (Å²) in [4.78, 5) is 19.7. The van der Waals surface area contributed by atoms with E-state index in [0.717, 1.165) is 42.1 Å². The Morgan fingerprint density at radius 1 is 1.15 bits per heavy atom. The summed E-state index contributed by atoms with van der Waals surface area (Å²) < 4.78 is 0. The Balaban J connectivity index is 2.29. The number of aromatic nitrogens is 1. The van der Waals surface area contributed by atoms with Crippen molar-refractivity contribution in [2.24, 2.45) is 0 Å². The van der Waals surface area contributed by atoms with E-state index < -0.39 is 0 Å². The molecular formula is C16H20N2OS. The summed E-state index contributed by atoms with van der Waals surface area (Å²) in [6.45, 7) is 5.80. The molecule has 0 aliphatic rings. The molecule has 106 valence electrons. The van der Waals surface area contributed by atoms with E-state index in [0.29, 0.717) is 0 Å². The summed E-state index contributed by atoms with van der Waals surface area (Å²) in [7, 11) is 0. The number of benzene rings is 1. The first-order chi connectivity index (χ1) is 9.77. The molecular weight excluding hydrogens is 268 g/mol. The van der Waals surface area contributed by atoms with Gasteiger partial charge in [-0.25, -0.2) is 4.98 Å². The Morgan fingerprint density at radius 3 is 2.40 bits per heavy atom. The van der Waals surface area contributed by atoms with Crippen molar-refractivity contribution in [1.82, 2.24) is 9.88 Å². The van der Waals surface area contributed by atoms with E-state index in [2.05, 4.69) is 18.8 Å². The van der Waals surface area contributed by atoms with Crippen LogP contribution in [0, 0.1) is 0 Å². The van der Waals surface area contributed by atoms with E-state index in [1.807, 2.05) is 35.2 Å². The second-order valence-corrected chi connectivity index (χ2v) is 5.54. The molecule has 0 saturated carbocycles. The Labute approximate surface area is 124 Å². The Bertz CT molecular complexity index is 545. The monoisotopic (exact) mass is 288 g/mol. The number of hydrogen-bond acceptors (Lipinski definition) is 3. The minimum atomic E-state index is 0.107. The van der Waals surface area contributed by atoms with Crippen LogP contribution >= 0.6 is 11.3 Å². The molecule has 2 rings (SSSR count). The van der Waals surface area contributed by atoms with E-state index in [4.69, 9.17) is 0 Å². The van der Waals surface area contributed by atoms with Gasteiger partial charge in [0.05, 0.1) is 11.2 Å². The zero-order chi connectivity index (χ0) is 14.4. The van der Waals surface area contributed by atoms with E-state index in [1.54, 1.807) is 5.51 Å². The summed E-state index contributed by atoms with van der Waals surface area (Å²) in [5.74, 6) is 0.107. The van der Waals surface area contributed by atoms with E-state index in [9.17, 15) is 4.79 Å². The molecule has 0 fully saturated rings. The van der Waals surface area contributed by atoms with Crippen LogP contribution in [0.4, 0.5) is 0 Å². The third-order valence-corrected chi connectivity index (χ3v) is 3.90. The lowest BCUT2D eigenvalue weighted by Crippen LogP contribution is -2.32. The van der Waals surface area contributed by atoms with Crippen molar-refractivity contribution in [1.29, 1.82) is 0 Å². The SMILES string of the molecule is CCCN(CCC)C(=O)c1scnc1-c1ccccc1. The summed E-state index contributed by atoms with van der Waals surface area (Å²) in [5, 5.41) is 0. The number of carbonyl (C=O) groups is 1. The average molecular weight is 288 g/mol. The van der Waals surface area contributed by atoms with Gasteiger partial charge in [-0.15, -0.1) is 11.3 Å². The van der Waals surface area contributed by atoms with Gasteiger partial charge in [0, 0.05) is 18.7 Å². The van der Waals surface area contributed by atoms with Crippen molar-refractivity contribution in [2.45, 2.75) is 26.7 Å². The predicted molar refractivity (Wildman–Crippen MR) is 84.0 cm³/mol. The molecule has 0 saturated heterocycles. The van der Waals surface area contributed by atoms with Crippen LogP contribution in [0.2, 0.25) is 0 Å². The van der Waals surface area contributed by atoms with Gasteiger partial charge in [0.2, 0.25) is 0 Å². The fraction of sp³-hybridized carbons (Fsp3) is 0.375. The Hall–Kier alpha value is -1.68. The van der Waals surface area contributed by atoms with Gasteiger partial charge in [0.15, 0.2) is 0 Å². The van der Waals surface area contributed by atoms with Crippen molar-refractivity contribution < 1.29 is 4.79 Å². The summed E-state index contributed by atoms with van der Waals surface area (Å²) in [5.41, 5.74) is 3.56. The lowest BCUT2D eigenvalue weighted by Gasteiger charge is -2.21. The summed E-state index contributed by atoms with van der Waals surface area (Å²) >= 11 is 1.43. The maximum Gasteiger partial charge on any atom is 0.266 e. The van der Waals surface area contributed by atoms with Gasteiger partial charge in [-0.05, 0) is 12.8 Å². The van der Waals surface area contributed by atoms with Gasteiger partial charge < -0.3 is 4.90 Å². The highest BCUT2D eigenvalue weighted by atomic mass is 32.1. The first-order valence-electron chi connectivity index (χ1n) is 7.06. The molecule has 1 aromatic carbocycles. The molecule has 0 bridgehead atoms. The molecule has 20 heavy (non-hydrogen) atoms. The van der Waals surface area contributed by atoms with Gasteiger partial charge in [0.25, 0.3) is 5.91 Å². The molecule has 2 aromatic rings. The van der Waals surface area contributed by atoms with Crippen LogP contribution in [0.3, 0.4) is 0 Å². The molecule has 0 radical (unpaired) electrons. The highest BCUT2D eigenvalue weighted by molar-refractivity contribution is 7.12. The largest absolute Gasteiger partial charge is 0.338 e. The topological polar surface area (TPSA) is 33.2 Å². The van der Waals surface area contributed by atoms with Gasteiger partial charge in [-0.3, -0.25) is 4.79 Å². The molecule has 0 N–H and O–H groups in total. The molecule has 3 nitrogen and oxygen atoms in total. The van der Waals surface area contributed by atoms with Crippen LogP contribution in [0.15, 0.2) is 35.8 Å². The van der Waals surface area contributed by atoms with Gasteiger partial charge in [-0.2, -0.15) is 0 Å². The van der Waals surface area contributed by atoms with Crippen LogP contribution < -0.4 is 0 Å². The lowest BCUT2D eigenvalue weighted by molar-refractivity contribution is 0.0761. The third-order valence-electron chi connectivity index (χ3n) is 3.08. The van der Waals surface area contributed by atoms with Crippen molar-refractivity contribution in [2.75, 3.05) is 13.1 Å². The van der Waals surface area contributed by atoms with E-state index in [1.165, 1.54) is 11.3 Å². The first kappa shape index (κ1) is 14.7. The normalized spacial score (nSPS) is 10.5.